The zero-order chi connectivity index (χ0) is 18.5. The third kappa shape index (κ3) is 4.20. The van der Waals surface area contributed by atoms with E-state index in [4.69, 9.17) is 9.15 Å². The number of halogens is 2. The van der Waals surface area contributed by atoms with E-state index in [-0.39, 0.29) is 11.8 Å². The number of furan rings is 1. The van der Waals surface area contributed by atoms with Gasteiger partial charge in [0.2, 0.25) is 0 Å². The average Bonchev–Trinajstić information content (AvgIpc) is 3.13. The molecule has 0 fully saturated rings. The molecule has 0 aliphatic carbocycles. The number of rotatable bonds is 8. The summed E-state index contributed by atoms with van der Waals surface area (Å²) in [5.41, 5.74) is 0.723. The van der Waals surface area contributed by atoms with Crippen LogP contribution in [-0.4, -0.2) is 32.2 Å². The van der Waals surface area contributed by atoms with Crippen molar-refractivity contribution >= 4 is 10.8 Å². The Morgan fingerprint density at radius 3 is 2.58 bits per heavy atom. The van der Waals surface area contributed by atoms with Crippen molar-refractivity contribution in [3.8, 4) is 5.75 Å². The topological polar surface area (TPSA) is 37.6 Å². The van der Waals surface area contributed by atoms with Gasteiger partial charge in [-0.3, -0.25) is 4.90 Å². The quantitative estimate of drug-likeness (QED) is 0.645. The van der Waals surface area contributed by atoms with Gasteiger partial charge < -0.3 is 14.5 Å². The van der Waals surface area contributed by atoms with Gasteiger partial charge in [-0.05, 0) is 43.1 Å². The summed E-state index contributed by atoms with van der Waals surface area (Å²) in [6.45, 7) is -1.83. The van der Waals surface area contributed by atoms with E-state index in [1.807, 2.05) is 55.4 Å². The van der Waals surface area contributed by atoms with Crippen LogP contribution in [0, 0.1) is 0 Å². The molecule has 0 bridgehead atoms. The first-order valence-electron chi connectivity index (χ1n) is 8.42. The zero-order valence-corrected chi connectivity index (χ0v) is 14.8. The molecule has 0 saturated carbocycles. The third-order valence-corrected chi connectivity index (χ3v) is 4.35. The van der Waals surface area contributed by atoms with E-state index >= 15 is 0 Å². The maximum Gasteiger partial charge on any atom is 0.387 e. The maximum atomic E-state index is 12.8. The van der Waals surface area contributed by atoms with E-state index in [0.29, 0.717) is 13.1 Å². The van der Waals surface area contributed by atoms with E-state index in [2.05, 4.69) is 5.32 Å². The third-order valence-electron chi connectivity index (χ3n) is 4.35. The van der Waals surface area contributed by atoms with Crippen LogP contribution in [0.4, 0.5) is 8.78 Å². The summed E-state index contributed by atoms with van der Waals surface area (Å²) in [6, 6.07) is 14.9. The molecular weight excluding hydrogens is 338 g/mol. The normalized spacial score (nSPS) is 12.8. The first-order chi connectivity index (χ1) is 12.6. The summed E-state index contributed by atoms with van der Waals surface area (Å²) < 4.78 is 35.8. The van der Waals surface area contributed by atoms with Gasteiger partial charge in [-0.15, -0.1) is 0 Å². The maximum absolute atomic E-state index is 12.8. The van der Waals surface area contributed by atoms with Crippen LogP contribution in [0.25, 0.3) is 10.8 Å². The monoisotopic (exact) mass is 360 g/mol. The van der Waals surface area contributed by atoms with E-state index < -0.39 is 6.61 Å². The molecule has 2 aromatic carbocycles. The molecule has 1 N–H and O–H groups in total. The van der Waals surface area contributed by atoms with Gasteiger partial charge in [-0.25, -0.2) is 0 Å². The fourth-order valence-corrected chi connectivity index (χ4v) is 3.06. The lowest BCUT2D eigenvalue weighted by atomic mass is 10.0. The Bertz CT molecular complexity index is 835. The van der Waals surface area contributed by atoms with Gasteiger partial charge in [0.05, 0.1) is 12.3 Å². The molecule has 4 nitrogen and oxygen atoms in total. The minimum atomic E-state index is -2.85. The molecule has 3 aromatic rings. The molecule has 0 radical (unpaired) electrons. The highest BCUT2D eigenvalue weighted by Crippen LogP contribution is 2.29. The molecule has 138 valence electrons. The van der Waals surface area contributed by atoms with Crippen molar-refractivity contribution in [2.45, 2.75) is 19.2 Å². The minimum absolute atomic E-state index is 0.0412. The van der Waals surface area contributed by atoms with Gasteiger partial charge in [0.15, 0.2) is 0 Å². The van der Waals surface area contributed by atoms with E-state index in [9.17, 15) is 8.78 Å². The van der Waals surface area contributed by atoms with Crippen molar-refractivity contribution in [2.24, 2.45) is 0 Å². The number of fused-ring (bicyclic) bond motifs is 1. The lowest BCUT2D eigenvalue weighted by Gasteiger charge is -2.23. The van der Waals surface area contributed by atoms with Gasteiger partial charge in [0.1, 0.15) is 11.5 Å². The number of hydrogen-bond donors (Lipinski definition) is 1. The summed E-state index contributed by atoms with van der Waals surface area (Å²) in [6.07, 6.45) is 1.64. The summed E-state index contributed by atoms with van der Waals surface area (Å²) in [5.74, 6) is 1.05. The number of benzene rings is 2. The number of likely N-dealkylation sites (N-methyl/N-ethyl adjacent to an activating group) is 1. The molecular formula is C20H22F2N2O2. The molecule has 0 saturated heterocycles. The summed E-state index contributed by atoms with van der Waals surface area (Å²) in [4.78, 5) is 2.05. The van der Waals surface area contributed by atoms with Gasteiger partial charge >= 0.3 is 6.61 Å². The molecule has 6 heteroatoms. The van der Waals surface area contributed by atoms with Gasteiger partial charge in [-0.1, -0.05) is 30.3 Å². The van der Waals surface area contributed by atoms with E-state index in [0.717, 1.165) is 22.1 Å². The average molecular weight is 360 g/mol. The number of ether oxygens (including phenoxy) is 1. The highest BCUT2D eigenvalue weighted by Gasteiger charge is 2.18. The van der Waals surface area contributed by atoms with Crippen LogP contribution in [0.3, 0.4) is 0 Å². The molecule has 0 unspecified atom stereocenters. The van der Waals surface area contributed by atoms with Crippen molar-refractivity contribution in [1.82, 2.24) is 10.2 Å². The zero-order valence-electron chi connectivity index (χ0n) is 14.8. The van der Waals surface area contributed by atoms with Crippen LogP contribution in [0.15, 0.2) is 59.2 Å². The van der Waals surface area contributed by atoms with Gasteiger partial charge in [-0.2, -0.15) is 8.78 Å². The summed E-state index contributed by atoms with van der Waals surface area (Å²) in [7, 11) is 3.94. The van der Waals surface area contributed by atoms with Gasteiger partial charge in [0, 0.05) is 18.7 Å². The largest absolute Gasteiger partial charge is 0.468 e. The van der Waals surface area contributed by atoms with Crippen LogP contribution in [0.5, 0.6) is 5.75 Å². The predicted molar refractivity (Wildman–Crippen MR) is 97.4 cm³/mol. The molecule has 3 rings (SSSR count). The van der Waals surface area contributed by atoms with Crippen LogP contribution in [0.2, 0.25) is 0 Å². The number of nitrogens with one attached hydrogen (secondary N) is 1. The number of alkyl halides is 2. The second-order valence-corrected chi connectivity index (χ2v) is 6.27. The van der Waals surface area contributed by atoms with Crippen LogP contribution in [0.1, 0.15) is 17.4 Å². The van der Waals surface area contributed by atoms with E-state index in [1.54, 1.807) is 18.4 Å². The highest BCUT2D eigenvalue weighted by atomic mass is 19.3. The summed E-state index contributed by atoms with van der Waals surface area (Å²) in [5, 5.41) is 5.24. The van der Waals surface area contributed by atoms with Crippen molar-refractivity contribution in [2.75, 3.05) is 20.6 Å². The smallest absolute Gasteiger partial charge is 0.387 e. The van der Waals surface area contributed by atoms with Crippen LogP contribution >= 0.6 is 0 Å². The fourth-order valence-electron chi connectivity index (χ4n) is 3.06. The molecule has 0 aliphatic heterocycles. The van der Waals surface area contributed by atoms with Crippen LogP contribution < -0.4 is 10.1 Å². The van der Waals surface area contributed by atoms with Crippen LogP contribution in [-0.2, 0) is 6.54 Å². The van der Waals surface area contributed by atoms with Crippen molar-refractivity contribution < 1.29 is 17.9 Å². The molecule has 0 spiro atoms. The Morgan fingerprint density at radius 1 is 1.08 bits per heavy atom. The Morgan fingerprint density at radius 2 is 1.88 bits per heavy atom. The van der Waals surface area contributed by atoms with Gasteiger partial charge in [0.25, 0.3) is 0 Å². The first-order valence-corrected chi connectivity index (χ1v) is 8.42. The number of nitrogens with zero attached hydrogens (tertiary/aromatic N) is 1. The Kier molecular flexibility index (Phi) is 5.85. The lowest BCUT2D eigenvalue weighted by Crippen LogP contribution is -2.30. The molecule has 26 heavy (non-hydrogen) atoms. The molecule has 0 aliphatic rings. The summed E-state index contributed by atoms with van der Waals surface area (Å²) >= 11 is 0. The molecule has 1 heterocycles. The molecule has 0 amide bonds. The Labute approximate surface area is 151 Å². The molecule has 1 aromatic heterocycles. The standard InChI is InChI=1S/C20H22F2N2O2/c1-24(2)17(19-8-5-11-25-19)13-23-12-16-15-7-4-3-6-14(15)9-10-18(16)26-20(21)22/h3-11,17,20,23H,12-13H2,1-2H3/t17-/m1/s1. The lowest BCUT2D eigenvalue weighted by molar-refractivity contribution is -0.0503. The fraction of sp³-hybridized carbons (Fsp3) is 0.300. The van der Waals surface area contributed by atoms with Crippen molar-refractivity contribution in [3.05, 3.63) is 66.1 Å². The predicted octanol–water partition coefficient (Wildman–Crippen LogP) is 4.43. The molecule has 1 atom stereocenters. The first kappa shape index (κ1) is 18.4. The minimum Gasteiger partial charge on any atom is -0.468 e. The van der Waals surface area contributed by atoms with E-state index in [1.165, 1.54) is 0 Å². The second kappa shape index (κ2) is 8.29. The SMILES string of the molecule is CN(C)[C@H](CNCc1c(OC(F)F)ccc2ccccc12)c1ccco1. The van der Waals surface area contributed by atoms with Crippen molar-refractivity contribution in [3.63, 3.8) is 0 Å². The Hall–Kier alpha value is -2.44. The Balaban J connectivity index is 1.80. The highest BCUT2D eigenvalue weighted by molar-refractivity contribution is 5.87. The van der Waals surface area contributed by atoms with Crippen molar-refractivity contribution in [1.29, 1.82) is 0 Å². The number of hydrogen-bond acceptors (Lipinski definition) is 4. The second-order valence-electron chi connectivity index (χ2n) is 6.27.